The molecule has 0 amide bonds. The van der Waals surface area contributed by atoms with Gasteiger partial charge in [-0.2, -0.15) is 0 Å². The number of rotatable bonds is 8. The summed E-state index contributed by atoms with van der Waals surface area (Å²) in [6.45, 7) is 6.35. The molecular formula is C23H31FO5. The van der Waals surface area contributed by atoms with Gasteiger partial charge in [-0.05, 0) is 57.2 Å². The van der Waals surface area contributed by atoms with Crippen molar-refractivity contribution in [2.45, 2.75) is 50.7 Å². The molecule has 2 aliphatic rings. The minimum atomic E-state index is -0.520. The summed E-state index contributed by atoms with van der Waals surface area (Å²) in [5.74, 6) is -0.373. The van der Waals surface area contributed by atoms with Crippen molar-refractivity contribution in [3.63, 3.8) is 0 Å². The van der Waals surface area contributed by atoms with E-state index in [4.69, 9.17) is 14.2 Å². The number of halogens is 1. The summed E-state index contributed by atoms with van der Waals surface area (Å²) in [7, 11) is 0. The molecule has 5 nitrogen and oxygen atoms in total. The molecule has 160 valence electrons. The molecule has 1 aromatic carbocycles. The van der Waals surface area contributed by atoms with Crippen molar-refractivity contribution in [2.24, 2.45) is 11.8 Å². The van der Waals surface area contributed by atoms with Crippen molar-refractivity contribution in [1.82, 2.24) is 0 Å². The van der Waals surface area contributed by atoms with E-state index in [-0.39, 0.29) is 48.4 Å². The van der Waals surface area contributed by atoms with Gasteiger partial charge in [0.25, 0.3) is 0 Å². The number of carbonyl (C=O) groups excluding carboxylic acids is 1. The minimum Gasteiger partial charge on any atom is -0.458 e. The molecule has 29 heavy (non-hydrogen) atoms. The Bertz CT molecular complexity index is 724. The monoisotopic (exact) mass is 406 g/mol. The fourth-order valence-corrected chi connectivity index (χ4v) is 4.67. The van der Waals surface area contributed by atoms with Gasteiger partial charge in [0.1, 0.15) is 18.0 Å². The van der Waals surface area contributed by atoms with E-state index in [2.05, 4.69) is 0 Å². The lowest BCUT2D eigenvalue weighted by Crippen LogP contribution is -2.40. The van der Waals surface area contributed by atoms with E-state index >= 15 is 0 Å². The van der Waals surface area contributed by atoms with E-state index in [1.54, 1.807) is 0 Å². The predicted octanol–water partition coefficient (Wildman–Crippen LogP) is 3.40. The number of allylic oxidation sites excluding steroid dienone is 1. The molecule has 1 saturated carbocycles. The van der Waals surface area contributed by atoms with Crippen molar-refractivity contribution in [2.75, 3.05) is 26.4 Å². The van der Waals surface area contributed by atoms with E-state index in [1.807, 2.05) is 45.1 Å². The summed E-state index contributed by atoms with van der Waals surface area (Å²) in [5, 5.41) is 9.92. The SMILES string of the molecule is CC(C)(C)OC(=O)COC/C=C/C[C@H]1[C@H](CO)[C@@H]2C[C@@]1(c1ccc(F)cc1)CO2. The van der Waals surface area contributed by atoms with Gasteiger partial charge in [-0.15, -0.1) is 0 Å². The summed E-state index contributed by atoms with van der Waals surface area (Å²) >= 11 is 0. The molecule has 1 aliphatic heterocycles. The molecule has 1 heterocycles. The second-order valence-corrected chi connectivity index (χ2v) is 8.98. The molecule has 0 unspecified atom stereocenters. The fraction of sp³-hybridized carbons (Fsp3) is 0.609. The highest BCUT2D eigenvalue weighted by Gasteiger charge is 2.58. The maximum Gasteiger partial charge on any atom is 0.332 e. The summed E-state index contributed by atoms with van der Waals surface area (Å²) in [6.07, 6.45) is 5.57. The van der Waals surface area contributed by atoms with Crippen molar-refractivity contribution < 1.29 is 28.5 Å². The highest BCUT2D eigenvalue weighted by molar-refractivity contribution is 5.71. The number of benzene rings is 1. The Morgan fingerprint density at radius 2 is 2.03 bits per heavy atom. The van der Waals surface area contributed by atoms with Crippen LogP contribution in [0.5, 0.6) is 0 Å². The number of hydrogen-bond donors (Lipinski definition) is 1. The van der Waals surface area contributed by atoms with Gasteiger partial charge >= 0.3 is 5.97 Å². The van der Waals surface area contributed by atoms with Crippen LogP contribution in [0, 0.1) is 17.7 Å². The second-order valence-electron chi connectivity index (χ2n) is 8.98. The normalized spacial score (nSPS) is 28.9. The van der Waals surface area contributed by atoms with Crippen molar-refractivity contribution in [3.05, 3.63) is 47.8 Å². The van der Waals surface area contributed by atoms with E-state index in [1.165, 1.54) is 12.1 Å². The Balaban J connectivity index is 1.57. The standard InChI is InChI=1S/C23H31FO5/c1-22(2,3)29-21(26)14-27-11-5-4-6-19-18(13-25)20-12-23(19,15-28-20)16-7-9-17(24)10-8-16/h4-5,7-10,18-20,25H,6,11-15H2,1-3H3/b5-4+/t18-,19-,20-,23-/m0/s1. The van der Waals surface area contributed by atoms with Crippen LogP contribution in [-0.2, 0) is 24.4 Å². The molecule has 1 saturated heterocycles. The van der Waals surface area contributed by atoms with Crippen LogP contribution in [0.15, 0.2) is 36.4 Å². The third-order valence-electron chi connectivity index (χ3n) is 5.87. The Morgan fingerprint density at radius 3 is 2.69 bits per heavy atom. The Morgan fingerprint density at radius 1 is 1.31 bits per heavy atom. The van der Waals surface area contributed by atoms with E-state index in [9.17, 15) is 14.3 Å². The van der Waals surface area contributed by atoms with Crippen LogP contribution in [-0.4, -0.2) is 49.2 Å². The first-order valence-corrected chi connectivity index (χ1v) is 10.2. The Kier molecular flexibility index (Phi) is 6.76. The minimum absolute atomic E-state index is 0.0341. The van der Waals surface area contributed by atoms with Gasteiger partial charge in [0.15, 0.2) is 0 Å². The fourth-order valence-electron chi connectivity index (χ4n) is 4.67. The molecule has 0 spiro atoms. The Hall–Kier alpha value is -1.76. The maximum atomic E-state index is 13.4. The molecule has 2 fully saturated rings. The van der Waals surface area contributed by atoms with Gasteiger partial charge in [-0.3, -0.25) is 0 Å². The number of esters is 1. The zero-order valence-electron chi connectivity index (χ0n) is 17.4. The van der Waals surface area contributed by atoms with Crippen molar-refractivity contribution >= 4 is 5.97 Å². The molecule has 0 radical (unpaired) electrons. The number of aliphatic hydroxyl groups is 1. The zero-order valence-corrected chi connectivity index (χ0v) is 17.4. The number of aliphatic hydroxyl groups excluding tert-OH is 1. The molecule has 0 aromatic heterocycles. The van der Waals surface area contributed by atoms with Crippen LogP contribution in [0.3, 0.4) is 0 Å². The lowest BCUT2D eigenvalue weighted by atomic mass is 9.69. The number of hydrogen-bond acceptors (Lipinski definition) is 5. The highest BCUT2D eigenvalue weighted by atomic mass is 19.1. The van der Waals surface area contributed by atoms with Gasteiger partial charge in [-0.25, -0.2) is 9.18 Å². The average molecular weight is 406 g/mol. The number of fused-ring (bicyclic) bond motifs is 2. The van der Waals surface area contributed by atoms with Gasteiger partial charge in [0, 0.05) is 17.9 Å². The lowest BCUT2D eigenvalue weighted by Gasteiger charge is -2.38. The van der Waals surface area contributed by atoms with Crippen LogP contribution in [0.2, 0.25) is 0 Å². The molecule has 1 N–H and O–H groups in total. The zero-order chi connectivity index (χ0) is 21.1. The largest absolute Gasteiger partial charge is 0.458 e. The quantitative estimate of drug-likeness (QED) is 0.407. The smallest absolute Gasteiger partial charge is 0.332 e. The third-order valence-corrected chi connectivity index (χ3v) is 5.87. The van der Waals surface area contributed by atoms with Crippen LogP contribution >= 0.6 is 0 Å². The van der Waals surface area contributed by atoms with Crippen LogP contribution in [0.4, 0.5) is 4.39 Å². The third kappa shape index (κ3) is 5.05. The van der Waals surface area contributed by atoms with Gasteiger partial charge in [0.2, 0.25) is 0 Å². The maximum absolute atomic E-state index is 13.4. The van der Waals surface area contributed by atoms with Gasteiger partial charge in [-0.1, -0.05) is 24.3 Å². The first kappa shape index (κ1) is 21.9. The summed E-state index contributed by atoms with van der Waals surface area (Å²) in [6, 6.07) is 6.64. The molecule has 4 atom stereocenters. The van der Waals surface area contributed by atoms with Gasteiger partial charge < -0.3 is 19.3 Å². The molecule has 6 heteroatoms. The number of ether oxygens (including phenoxy) is 3. The first-order valence-electron chi connectivity index (χ1n) is 10.2. The summed E-state index contributed by atoms with van der Waals surface area (Å²) in [4.78, 5) is 11.7. The van der Waals surface area contributed by atoms with Crippen molar-refractivity contribution in [1.29, 1.82) is 0 Å². The molecule has 3 rings (SSSR count). The highest BCUT2D eigenvalue weighted by Crippen LogP contribution is 2.56. The van der Waals surface area contributed by atoms with E-state index in [0.717, 1.165) is 18.4 Å². The Labute approximate surface area is 171 Å². The topological polar surface area (TPSA) is 65.0 Å². The van der Waals surface area contributed by atoms with Gasteiger partial charge in [0.05, 0.1) is 19.3 Å². The van der Waals surface area contributed by atoms with E-state index < -0.39 is 5.60 Å². The average Bonchev–Trinajstić information content (AvgIpc) is 3.21. The predicted molar refractivity (Wildman–Crippen MR) is 107 cm³/mol. The molecule has 1 aliphatic carbocycles. The number of carbonyl (C=O) groups is 1. The van der Waals surface area contributed by atoms with Crippen LogP contribution in [0.25, 0.3) is 0 Å². The van der Waals surface area contributed by atoms with Crippen molar-refractivity contribution in [3.8, 4) is 0 Å². The molecule has 1 aromatic rings. The van der Waals surface area contributed by atoms with Crippen LogP contribution in [0.1, 0.15) is 39.2 Å². The summed E-state index contributed by atoms with van der Waals surface area (Å²) < 4.78 is 29.9. The van der Waals surface area contributed by atoms with Crippen LogP contribution < -0.4 is 0 Å². The molecule has 2 bridgehead atoms. The first-order chi connectivity index (χ1) is 13.7. The summed E-state index contributed by atoms with van der Waals surface area (Å²) in [5.41, 5.74) is 0.346. The second kappa shape index (κ2) is 8.94. The molecular weight excluding hydrogens is 375 g/mol. The van der Waals surface area contributed by atoms with E-state index in [0.29, 0.717) is 13.2 Å². The lowest BCUT2D eigenvalue weighted by molar-refractivity contribution is -0.159.